The number of aromatic nitrogens is 1. The van der Waals surface area contributed by atoms with Gasteiger partial charge in [0.2, 0.25) is 0 Å². The van der Waals surface area contributed by atoms with E-state index in [0.717, 1.165) is 33.0 Å². The summed E-state index contributed by atoms with van der Waals surface area (Å²) in [4.78, 5) is 4.37. The SMILES string of the molecule is CCOc1ccc(CNc2ccc(Br)nc2C)cc1OC. The molecule has 0 spiro atoms. The molecule has 0 amide bonds. The van der Waals surface area contributed by atoms with Gasteiger partial charge in [0.1, 0.15) is 4.60 Å². The van der Waals surface area contributed by atoms with Crippen molar-refractivity contribution in [3.05, 3.63) is 46.2 Å². The maximum absolute atomic E-state index is 5.52. The summed E-state index contributed by atoms with van der Waals surface area (Å²) in [6.07, 6.45) is 0. The number of anilines is 1. The molecule has 112 valence electrons. The van der Waals surface area contributed by atoms with E-state index in [1.807, 2.05) is 44.2 Å². The lowest BCUT2D eigenvalue weighted by Gasteiger charge is -2.13. The van der Waals surface area contributed by atoms with Crippen LogP contribution in [0.15, 0.2) is 34.9 Å². The minimum Gasteiger partial charge on any atom is -0.493 e. The van der Waals surface area contributed by atoms with Gasteiger partial charge < -0.3 is 14.8 Å². The second-order valence-electron chi connectivity index (χ2n) is 4.54. The van der Waals surface area contributed by atoms with Crippen molar-refractivity contribution < 1.29 is 9.47 Å². The van der Waals surface area contributed by atoms with Gasteiger partial charge in [-0.2, -0.15) is 0 Å². The molecule has 5 heteroatoms. The smallest absolute Gasteiger partial charge is 0.161 e. The lowest BCUT2D eigenvalue weighted by Crippen LogP contribution is -2.03. The van der Waals surface area contributed by atoms with Gasteiger partial charge in [-0.15, -0.1) is 0 Å². The van der Waals surface area contributed by atoms with Crippen LogP contribution in [-0.4, -0.2) is 18.7 Å². The molecular formula is C16H19BrN2O2. The molecule has 2 aromatic rings. The fourth-order valence-corrected chi connectivity index (χ4v) is 2.41. The minimum atomic E-state index is 0.623. The van der Waals surface area contributed by atoms with Crippen molar-refractivity contribution in [1.29, 1.82) is 0 Å². The predicted octanol–water partition coefficient (Wildman–Crippen LogP) is 4.17. The number of aryl methyl sites for hydroxylation is 1. The summed E-state index contributed by atoms with van der Waals surface area (Å²) in [7, 11) is 1.65. The Hall–Kier alpha value is -1.75. The highest BCUT2D eigenvalue weighted by Crippen LogP contribution is 2.28. The maximum Gasteiger partial charge on any atom is 0.161 e. The largest absolute Gasteiger partial charge is 0.493 e. The van der Waals surface area contributed by atoms with Gasteiger partial charge >= 0.3 is 0 Å². The van der Waals surface area contributed by atoms with E-state index in [2.05, 4.69) is 26.2 Å². The summed E-state index contributed by atoms with van der Waals surface area (Å²) in [5, 5.41) is 3.38. The third-order valence-corrected chi connectivity index (χ3v) is 3.50. The molecule has 0 bridgehead atoms. The first-order valence-corrected chi connectivity index (χ1v) is 7.60. The molecule has 1 heterocycles. The van der Waals surface area contributed by atoms with Gasteiger partial charge in [0.15, 0.2) is 11.5 Å². The highest BCUT2D eigenvalue weighted by atomic mass is 79.9. The molecule has 4 nitrogen and oxygen atoms in total. The lowest BCUT2D eigenvalue weighted by molar-refractivity contribution is 0.310. The second-order valence-corrected chi connectivity index (χ2v) is 5.35. The minimum absolute atomic E-state index is 0.623. The van der Waals surface area contributed by atoms with E-state index in [4.69, 9.17) is 9.47 Å². The zero-order valence-electron chi connectivity index (χ0n) is 12.4. The molecule has 0 fully saturated rings. The summed E-state index contributed by atoms with van der Waals surface area (Å²) in [6.45, 7) is 5.26. The van der Waals surface area contributed by atoms with Gasteiger partial charge in [-0.3, -0.25) is 0 Å². The molecule has 0 aliphatic carbocycles. The molecule has 2 rings (SSSR count). The monoisotopic (exact) mass is 350 g/mol. The number of pyridine rings is 1. The molecule has 0 aliphatic rings. The molecule has 0 aliphatic heterocycles. The van der Waals surface area contributed by atoms with Gasteiger partial charge in [-0.1, -0.05) is 6.07 Å². The zero-order chi connectivity index (χ0) is 15.2. The average molecular weight is 351 g/mol. The van der Waals surface area contributed by atoms with E-state index < -0.39 is 0 Å². The number of ether oxygens (including phenoxy) is 2. The standard InChI is InChI=1S/C16H19BrN2O2/c1-4-21-14-7-5-12(9-15(14)20-3)10-18-13-6-8-16(17)19-11(13)2/h5-9,18H,4,10H2,1-3H3. The Morgan fingerprint density at radius 2 is 2.00 bits per heavy atom. The number of halogens is 1. The molecule has 0 atom stereocenters. The number of benzene rings is 1. The third kappa shape index (κ3) is 4.11. The van der Waals surface area contributed by atoms with Crippen LogP contribution in [0.2, 0.25) is 0 Å². The average Bonchev–Trinajstić information content (AvgIpc) is 2.47. The Balaban J connectivity index is 2.09. The van der Waals surface area contributed by atoms with Crippen molar-refractivity contribution in [2.75, 3.05) is 19.0 Å². The molecule has 1 aromatic heterocycles. The van der Waals surface area contributed by atoms with Crippen molar-refractivity contribution in [1.82, 2.24) is 4.98 Å². The summed E-state index contributed by atoms with van der Waals surface area (Å²) < 4.78 is 11.7. The zero-order valence-corrected chi connectivity index (χ0v) is 14.0. The van der Waals surface area contributed by atoms with Crippen LogP contribution in [0.1, 0.15) is 18.2 Å². The Kier molecular flexibility index (Phi) is 5.44. The molecule has 1 N–H and O–H groups in total. The quantitative estimate of drug-likeness (QED) is 0.794. The Morgan fingerprint density at radius 1 is 1.19 bits per heavy atom. The summed E-state index contributed by atoms with van der Waals surface area (Å²) in [5.74, 6) is 1.52. The van der Waals surface area contributed by atoms with Crippen LogP contribution in [0.25, 0.3) is 0 Å². The van der Waals surface area contributed by atoms with E-state index in [0.29, 0.717) is 13.2 Å². The number of nitrogens with one attached hydrogen (secondary N) is 1. The Morgan fingerprint density at radius 3 is 2.67 bits per heavy atom. The van der Waals surface area contributed by atoms with Crippen molar-refractivity contribution in [3.8, 4) is 11.5 Å². The number of hydrogen-bond donors (Lipinski definition) is 1. The van der Waals surface area contributed by atoms with E-state index in [1.165, 1.54) is 0 Å². The summed E-state index contributed by atoms with van der Waals surface area (Å²) >= 11 is 3.36. The first kappa shape index (κ1) is 15.6. The number of nitrogens with zero attached hydrogens (tertiary/aromatic N) is 1. The van der Waals surface area contributed by atoms with Gasteiger partial charge in [0, 0.05) is 6.54 Å². The first-order chi connectivity index (χ1) is 10.1. The van der Waals surface area contributed by atoms with Gasteiger partial charge in [0.05, 0.1) is 25.1 Å². The van der Waals surface area contributed by atoms with Gasteiger partial charge in [0.25, 0.3) is 0 Å². The molecule has 0 saturated carbocycles. The Bertz CT molecular complexity index is 617. The van der Waals surface area contributed by atoms with Crippen LogP contribution in [0.3, 0.4) is 0 Å². The summed E-state index contributed by atoms with van der Waals surface area (Å²) in [5.41, 5.74) is 3.10. The first-order valence-electron chi connectivity index (χ1n) is 6.80. The lowest BCUT2D eigenvalue weighted by atomic mass is 10.2. The van der Waals surface area contributed by atoms with Crippen LogP contribution in [-0.2, 0) is 6.54 Å². The van der Waals surface area contributed by atoms with E-state index >= 15 is 0 Å². The summed E-state index contributed by atoms with van der Waals surface area (Å²) in [6, 6.07) is 9.89. The normalized spacial score (nSPS) is 10.3. The van der Waals surface area contributed by atoms with E-state index in [-0.39, 0.29) is 0 Å². The van der Waals surface area contributed by atoms with Gasteiger partial charge in [-0.05, 0) is 59.6 Å². The number of rotatable bonds is 6. The molecule has 0 unspecified atom stereocenters. The molecule has 1 aromatic carbocycles. The van der Waals surface area contributed by atoms with Crippen molar-refractivity contribution in [2.45, 2.75) is 20.4 Å². The second kappa shape index (κ2) is 7.31. The van der Waals surface area contributed by atoms with E-state index in [9.17, 15) is 0 Å². The predicted molar refractivity (Wildman–Crippen MR) is 88.2 cm³/mol. The molecule has 0 radical (unpaired) electrons. The van der Waals surface area contributed by atoms with Crippen LogP contribution < -0.4 is 14.8 Å². The van der Waals surface area contributed by atoms with Crippen LogP contribution in [0.5, 0.6) is 11.5 Å². The number of hydrogen-bond acceptors (Lipinski definition) is 4. The topological polar surface area (TPSA) is 43.4 Å². The van der Waals surface area contributed by atoms with Crippen molar-refractivity contribution in [3.63, 3.8) is 0 Å². The van der Waals surface area contributed by atoms with Crippen molar-refractivity contribution in [2.24, 2.45) is 0 Å². The van der Waals surface area contributed by atoms with Crippen LogP contribution >= 0.6 is 15.9 Å². The Labute approximate surface area is 133 Å². The molecule has 21 heavy (non-hydrogen) atoms. The third-order valence-electron chi connectivity index (χ3n) is 3.06. The van der Waals surface area contributed by atoms with E-state index in [1.54, 1.807) is 7.11 Å². The fraction of sp³-hybridized carbons (Fsp3) is 0.312. The molecule has 0 saturated heterocycles. The highest BCUT2D eigenvalue weighted by molar-refractivity contribution is 9.10. The number of methoxy groups -OCH3 is 1. The highest BCUT2D eigenvalue weighted by Gasteiger charge is 2.06. The molecular weight excluding hydrogens is 332 g/mol. The van der Waals surface area contributed by atoms with Gasteiger partial charge in [-0.25, -0.2) is 4.98 Å². The maximum atomic E-state index is 5.52. The fourth-order valence-electron chi connectivity index (χ4n) is 2.01. The van der Waals surface area contributed by atoms with Crippen LogP contribution in [0.4, 0.5) is 5.69 Å². The van der Waals surface area contributed by atoms with Crippen LogP contribution in [0, 0.1) is 6.92 Å². The van der Waals surface area contributed by atoms with Crippen molar-refractivity contribution >= 4 is 21.6 Å².